The van der Waals surface area contributed by atoms with E-state index in [1.807, 2.05) is 0 Å². The third kappa shape index (κ3) is 2.37. The van der Waals surface area contributed by atoms with Crippen molar-refractivity contribution in [3.05, 3.63) is 40.3 Å². The molecule has 80 valence electrons. The number of hydrogen-bond acceptors (Lipinski definition) is 4. The van der Waals surface area contributed by atoms with Crippen LogP contribution in [0.15, 0.2) is 29.2 Å². The van der Waals surface area contributed by atoms with Crippen molar-refractivity contribution in [2.75, 3.05) is 0 Å². The number of amides is 1. The van der Waals surface area contributed by atoms with E-state index >= 15 is 0 Å². The lowest BCUT2D eigenvalue weighted by Gasteiger charge is -1.95. The largest absolute Gasteiger partial charge is 0.307 e. The van der Waals surface area contributed by atoms with Gasteiger partial charge in [-0.2, -0.15) is 0 Å². The van der Waals surface area contributed by atoms with E-state index in [4.69, 9.17) is 12.2 Å². The molecule has 16 heavy (non-hydrogen) atoms. The van der Waals surface area contributed by atoms with Gasteiger partial charge in [0.25, 0.3) is 5.91 Å². The predicted molar refractivity (Wildman–Crippen MR) is 68.1 cm³/mol. The maximum Gasteiger partial charge on any atom is 0.263 e. The fourth-order valence-corrected chi connectivity index (χ4v) is 2.29. The Morgan fingerprint density at radius 2 is 1.81 bits per heavy atom. The normalized spacial score (nSPS) is 17.6. The van der Waals surface area contributed by atoms with Crippen LogP contribution in [0.4, 0.5) is 0 Å². The van der Waals surface area contributed by atoms with E-state index < -0.39 is 0 Å². The molecule has 0 spiro atoms. The van der Waals surface area contributed by atoms with Crippen molar-refractivity contribution in [3.63, 3.8) is 0 Å². The van der Waals surface area contributed by atoms with Gasteiger partial charge in [-0.05, 0) is 11.6 Å². The number of hydrogen-bond donors (Lipinski definition) is 1. The first-order valence-corrected chi connectivity index (χ1v) is 5.71. The van der Waals surface area contributed by atoms with Gasteiger partial charge in [-0.1, -0.05) is 48.2 Å². The predicted octanol–water partition coefficient (Wildman–Crippen LogP) is 1.99. The van der Waals surface area contributed by atoms with Crippen molar-refractivity contribution in [3.8, 4) is 0 Å². The zero-order chi connectivity index (χ0) is 11.5. The highest BCUT2D eigenvalue weighted by Gasteiger charge is 2.21. The quantitative estimate of drug-likeness (QED) is 0.494. The van der Waals surface area contributed by atoms with Crippen molar-refractivity contribution >= 4 is 46.6 Å². The lowest BCUT2D eigenvalue weighted by molar-refractivity contribution is -0.115. The van der Waals surface area contributed by atoms with E-state index in [2.05, 4.69) is 5.32 Å². The van der Waals surface area contributed by atoms with Crippen LogP contribution in [0.3, 0.4) is 0 Å². The van der Waals surface area contributed by atoms with Gasteiger partial charge < -0.3 is 5.32 Å². The number of carbonyl (C=O) groups excluding carboxylic acids is 2. The van der Waals surface area contributed by atoms with Crippen LogP contribution < -0.4 is 5.32 Å². The SMILES string of the molecule is O=Cc1ccc(C=C2SC(=S)NC2=O)cc1. The van der Waals surface area contributed by atoms with Gasteiger partial charge in [0.1, 0.15) is 10.6 Å². The number of thioether (sulfide) groups is 1. The van der Waals surface area contributed by atoms with Crippen molar-refractivity contribution in [2.45, 2.75) is 0 Å². The molecule has 1 heterocycles. The third-order valence-corrected chi connectivity index (χ3v) is 3.18. The number of nitrogens with one attached hydrogen (secondary N) is 1. The minimum Gasteiger partial charge on any atom is -0.307 e. The molecule has 0 saturated carbocycles. The van der Waals surface area contributed by atoms with Gasteiger partial charge in [0.15, 0.2) is 0 Å². The summed E-state index contributed by atoms with van der Waals surface area (Å²) in [6.45, 7) is 0. The van der Waals surface area contributed by atoms with E-state index in [1.54, 1.807) is 30.3 Å². The molecule has 5 heteroatoms. The molecule has 1 aliphatic heterocycles. The molecule has 0 aromatic heterocycles. The molecule has 1 fully saturated rings. The lowest BCUT2D eigenvalue weighted by Crippen LogP contribution is -2.17. The molecule has 2 rings (SSSR count). The second-order valence-corrected chi connectivity index (χ2v) is 4.86. The third-order valence-electron chi connectivity index (χ3n) is 2.01. The Labute approximate surface area is 102 Å². The summed E-state index contributed by atoms with van der Waals surface area (Å²) in [5, 5.41) is 2.54. The summed E-state index contributed by atoms with van der Waals surface area (Å²) in [5.41, 5.74) is 1.48. The Hall–Kier alpha value is -1.46. The molecule has 0 bridgehead atoms. The summed E-state index contributed by atoms with van der Waals surface area (Å²) in [4.78, 5) is 22.4. The summed E-state index contributed by atoms with van der Waals surface area (Å²) >= 11 is 6.11. The van der Waals surface area contributed by atoms with E-state index in [-0.39, 0.29) is 5.91 Å². The van der Waals surface area contributed by atoms with Gasteiger partial charge in [-0.25, -0.2) is 0 Å². The fourth-order valence-electron chi connectivity index (χ4n) is 1.24. The Balaban J connectivity index is 2.25. The highest BCUT2D eigenvalue weighted by atomic mass is 32.2. The van der Waals surface area contributed by atoms with Gasteiger partial charge >= 0.3 is 0 Å². The molecule has 0 radical (unpaired) electrons. The van der Waals surface area contributed by atoms with E-state index in [0.717, 1.165) is 11.8 Å². The number of carbonyl (C=O) groups is 2. The monoisotopic (exact) mass is 249 g/mol. The van der Waals surface area contributed by atoms with Gasteiger partial charge in [0.05, 0.1) is 4.91 Å². The van der Waals surface area contributed by atoms with Crippen LogP contribution in [0.1, 0.15) is 15.9 Å². The number of rotatable bonds is 2. The fraction of sp³-hybridized carbons (Fsp3) is 0. The number of benzene rings is 1. The summed E-state index contributed by atoms with van der Waals surface area (Å²) in [7, 11) is 0. The maximum absolute atomic E-state index is 11.4. The Morgan fingerprint density at radius 1 is 1.19 bits per heavy atom. The highest BCUT2D eigenvalue weighted by Crippen LogP contribution is 2.25. The van der Waals surface area contributed by atoms with Crippen LogP contribution >= 0.6 is 24.0 Å². The van der Waals surface area contributed by atoms with Crippen LogP contribution in [0.5, 0.6) is 0 Å². The first-order chi connectivity index (χ1) is 7.69. The first-order valence-electron chi connectivity index (χ1n) is 4.49. The Bertz CT molecular complexity index is 491. The minimum absolute atomic E-state index is 0.172. The molecule has 1 N–H and O–H groups in total. The molecule has 1 amide bonds. The maximum atomic E-state index is 11.4. The molecular formula is C11H7NO2S2. The average Bonchev–Trinajstić information content (AvgIpc) is 2.59. The first kappa shape index (κ1) is 11.0. The van der Waals surface area contributed by atoms with Crippen LogP contribution in [-0.4, -0.2) is 16.5 Å². The van der Waals surface area contributed by atoms with Gasteiger partial charge in [0, 0.05) is 5.56 Å². The molecule has 3 nitrogen and oxygen atoms in total. The minimum atomic E-state index is -0.172. The number of thiocarbonyl (C=S) groups is 1. The van der Waals surface area contributed by atoms with E-state index in [1.165, 1.54) is 11.8 Å². The highest BCUT2D eigenvalue weighted by molar-refractivity contribution is 8.26. The lowest BCUT2D eigenvalue weighted by atomic mass is 10.1. The van der Waals surface area contributed by atoms with Crippen LogP contribution in [-0.2, 0) is 4.79 Å². The molecule has 0 unspecified atom stereocenters. The molecule has 1 aliphatic rings. The zero-order valence-corrected chi connectivity index (χ0v) is 9.73. The second kappa shape index (κ2) is 4.59. The van der Waals surface area contributed by atoms with Crippen LogP contribution in [0.2, 0.25) is 0 Å². The van der Waals surface area contributed by atoms with Crippen molar-refractivity contribution in [2.24, 2.45) is 0 Å². The van der Waals surface area contributed by atoms with Crippen molar-refractivity contribution < 1.29 is 9.59 Å². The molecule has 0 atom stereocenters. The van der Waals surface area contributed by atoms with Gasteiger partial charge in [0.2, 0.25) is 0 Å². The second-order valence-electron chi connectivity index (χ2n) is 3.14. The van der Waals surface area contributed by atoms with Crippen molar-refractivity contribution in [1.29, 1.82) is 0 Å². The molecule has 0 aliphatic carbocycles. The zero-order valence-electron chi connectivity index (χ0n) is 8.10. The van der Waals surface area contributed by atoms with Crippen molar-refractivity contribution in [1.82, 2.24) is 5.32 Å². The summed E-state index contributed by atoms with van der Waals surface area (Å²) < 4.78 is 0.473. The van der Waals surface area contributed by atoms with Gasteiger partial charge in [-0.15, -0.1) is 0 Å². The Kier molecular flexibility index (Phi) is 3.17. The summed E-state index contributed by atoms with van der Waals surface area (Å²) in [5.74, 6) is -0.172. The standard InChI is InChI=1S/C11H7NO2S2/c13-6-8-3-1-7(2-4-8)5-9-10(14)12-11(15)16-9/h1-6H,(H,12,14,15). The summed E-state index contributed by atoms with van der Waals surface area (Å²) in [6.07, 6.45) is 2.52. The van der Waals surface area contributed by atoms with Crippen LogP contribution in [0, 0.1) is 0 Å². The van der Waals surface area contributed by atoms with E-state index in [0.29, 0.717) is 14.8 Å². The van der Waals surface area contributed by atoms with Crippen LogP contribution in [0.25, 0.3) is 6.08 Å². The topological polar surface area (TPSA) is 46.2 Å². The average molecular weight is 249 g/mol. The molecular weight excluding hydrogens is 242 g/mol. The number of aldehydes is 1. The molecule has 1 saturated heterocycles. The molecule has 1 aromatic rings. The smallest absolute Gasteiger partial charge is 0.263 e. The van der Waals surface area contributed by atoms with E-state index in [9.17, 15) is 9.59 Å². The Morgan fingerprint density at radius 3 is 2.31 bits per heavy atom. The van der Waals surface area contributed by atoms with Gasteiger partial charge in [-0.3, -0.25) is 9.59 Å². The molecule has 1 aromatic carbocycles. The summed E-state index contributed by atoms with van der Waals surface area (Å²) in [6, 6.07) is 6.97.